The highest BCUT2D eigenvalue weighted by Gasteiger charge is 2.08. The van der Waals surface area contributed by atoms with E-state index in [1.54, 1.807) is 0 Å². The average molecular weight is 363 g/mol. The van der Waals surface area contributed by atoms with Gasteiger partial charge in [0.1, 0.15) is 3.70 Å². The molecule has 0 unspecified atom stereocenters. The second-order valence-corrected chi connectivity index (χ2v) is 6.26. The van der Waals surface area contributed by atoms with Crippen molar-refractivity contribution in [3.63, 3.8) is 0 Å². The lowest BCUT2D eigenvalue weighted by Gasteiger charge is -2.06. The fraction of sp³-hybridized carbons (Fsp3) is 0.182. The lowest BCUT2D eigenvalue weighted by Crippen LogP contribution is -2.04. The van der Waals surface area contributed by atoms with Crippen molar-refractivity contribution < 1.29 is 12.6 Å². The van der Waals surface area contributed by atoms with E-state index in [4.69, 9.17) is 4.18 Å². The average Bonchev–Trinajstić information content (AvgIpc) is 2.25. The summed E-state index contributed by atoms with van der Waals surface area (Å²) in [6.45, 7) is 0.0228. The Morgan fingerprint density at radius 1 is 1.35 bits per heavy atom. The van der Waals surface area contributed by atoms with Crippen LogP contribution in [0.4, 0.5) is 0 Å². The van der Waals surface area contributed by atoms with Gasteiger partial charge < -0.3 is 0 Å². The first-order chi connectivity index (χ1) is 7.96. The van der Waals surface area contributed by atoms with E-state index in [0.717, 1.165) is 26.4 Å². The first kappa shape index (κ1) is 12.7. The Hall–Kier alpha value is -0.730. The number of nitrogens with zero attached hydrogens (tertiary/aromatic N) is 1. The number of benzene rings is 1. The van der Waals surface area contributed by atoms with Crippen LogP contribution in [0.25, 0.3) is 10.9 Å². The molecule has 4 nitrogen and oxygen atoms in total. The molecule has 0 fully saturated rings. The summed E-state index contributed by atoms with van der Waals surface area (Å²) in [5.74, 6) is 0. The Bertz CT molecular complexity index is 655. The van der Waals surface area contributed by atoms with Gasteiger partial charge >= 0.3 is 0 Å². The number of halogens is 1. The van der Waals surface area contributed by atoms with Gasteiger partial charge in [0.15, 0.2) is 0 Å². The highest BCUT2D eigenvalue weighted by atomic mass is 127. The van der Waals surface area contributed by atoms with Crippen LogP contribution in [0.1, 0.15) is 5.56 Å². The molecule has 0 aliphatic heterocycles. The van der Waals surface area contributed by atoms with Crippen LogP contribution in [0.5, 0.6) is 0 Å². The number of fused-ring (bicyclic) bond motifs is 1. The molecule has 17 heavy (non-hydrogen) atoms. The minimum Gasteiger partial charge on any atom is -0.265 e. The maximum absolute atomic E-state index is 10.9. The SMILES string of the molecule is CS(=O)(=O)OCc1cc2ccccc2nc1I. The second kappa shape index (κ2) is 4.87. The Balaban J connectivity index is 2.37. The van der Waals surface area contributed by atoms with Crippen LogP contribution in [0.2, 0.25) is 0 Å². The number of hydrogen-bond acceptors (Lipinski definition) is 4. The molecule has 0 spiro atoms. The molecule has 0 bridgehead atoms. The molecule has 0 saturated heterocycles. The quantitative estimate of drug-likeness (QED) is 0.477. The second-order valence-electron chi connectivity index (χ2n) is 3.60. The van der Waals surface area contributed by atoms with Gasteiger partial charge in [-0.1, -0.05) is 18.2 Å². The van der Waals surface area contributed by atoms with E-state index in [-0.39, 0.29) is 6.61 Å². The van der Waals surface area contributed by atoms with E-state index < -0.39 is 10.1 Å². The minimum atomic E-state index is -3.42. The molecule has 0 radical (unpaired) electrons. The third-order valence-electron chi connectivity index (χ3n) is 2.18. The van der Waals surface area contributed by atoms with Crippen molar-refractivity contribution in [2.45, 2.75) is 6.61 Å². The molecular weight excluding hydrogens is 353 g/mol. The van der Waals surface area contributed by atoms with Crippen LogP contribution in [0.3, 0.4) is 0 Å². The molecule has 0 aliphatic carbocycles. The van der Waals surface area contributed by atoms with Gasteiger partial charge in [-0.3, -0.25) is 4.18 Å². The van der Waals surface area contributed by atoms with Gasteiger partial charge in [-0.15, -0.1) is 0 Å². The van der Waals surface area contributed by atoms with Crippen molar-refractivity contribution in [2.24, 2.45) is 0 Å². The van der Waals surface area contributed by atoms with Gasteiger partial charge in [0.05, 0.1) is 18.4 Å². The number of aromatic nitrogens is 1. The molecule has 0 amide bonds. The monoisotopic (exact) mass is 363 g/mol. The molecule has 2 rings (SSSR count). The Morgan fingerprint density at radius 2 is 2.06 bits per heavy atom. The van der Waals surface area contributed by atoms with Crippen molar-refractivity contribution in [1.82, 2.24) is 4.98 Å². The van der Waals surface area contributed by atoms with Gasteiger partial charge in [0.25, 0.3) is 10.1 Å². The van der Waals surface area contributed by atoms with Gasteiger partial charge in [-0.2, -0.15) is 8.42 Å². The first-order valence-electron chi connectivity index (χ1n) is 4.84. The number of pyridine rings is 1. The fourth-order valence-corrected chi connectivity index (χ4v) is 2.32. The van der Waals surface area contributed by atoms with E-state index in [9.17, 15) is 8.42 Å². The van der Waals surface area contributed by atoms with E-state index in [1.807, 2.05) is 30.3 Å². The zero-order chi connectivity index (χ0) is 12.5. The summed E-state index contributed by atoms with van der Waals surface area (Å²) in [5.41, 5.74) is 1.66. The summed E-state index contributed by atoms with van der Waals surface area (Å²) in [6.07, 6.45) is 1.04. The molecule has 90 valence electrons. The standard InChI is InChI=1S/C11H10INO3S/c1-17(14,15)16-7-9-6-8-4-2-3-5-10(8)13-11(9)12/h2-6H,7H2,1H3. The van der Waals surface area contributed by atoms with Crippen LogP contribution >= 0.6 is 22.6 Å². The summed E-state index contributed by atoms with van der Waals surface area (Å²) in [5, 5.41) is 0.972. The normalized spacial score (nSPS) is 11.9. The van der Waals surface area contributed by atoms with Crippen molar-refractivity contribution in [3.05, 3.63) is 39.6 Å². The lowest BCUT2D eigenvalue weighted by molar-refractivity contribution is 0.310. The predicted octanol–water partition coefficient (Wildman–Crippen LogP) is 2.32. The highest BCUT2D eigenvalue weighted by Crippen LogP contribution is 2.19. The van der Waals surface area contributed by atoms with E-state index >= 15 is 0 Å². The lowest BCUT2D eigenvalue weighted by atomic mass is 10.2. The molecule has 0 N–H and O–H groups in total. The van der Waals surface area contributed by atoms with E-state index in [2.05, 4.69) is 27.6 Å². The molecule has 0 saturated carbocycles. The van der Waals surface area contributed by atoms with Crippen molar-refractivity contribution in [1.29, 1.82) is 0 Å². The molecule has 2 aromatic rings. The molecule has 1 aromatic carbocycles. The zero-order valence-corrected chi connectivity index (χ0v) is 12.0. The smallest absolute Gasteiger partial charge is 0.264 e. The summed E-state index contributed by atoms with van der Waals surface area (Å²) in [6, 6.07) is 9.58. The van der Waals surface area contributed by atoms with Crippen LogP contribution in [0, 0.1) is 3.70 Å². The van der Waals surface area contributed by atoms with Crippen molar-refractivity contribution in [2.75, 3.05) is 6.26 Å². The number of para-hydroxylation sites is 1. The van der Waals surface area contributed by atoms with Crippen molar-refractivity contribution in [3.8, 4) is 0 Å². The van der Waals surface area contributed by atoms with Crippen LogP contribution in [-0.2, 0) is 20.9 Å². The van der Waals surface area contributed by atoms with E-state index in [0.29, 0.717) is 0 Å². The topological polar surface area (TPSA) is 56.3 Å². The summed E-state index contributed by atoms with van der Waals surface area (Å²) in [7, 11) is -3.42. The molecule has 0 atom stereocenters. The van der Waals surface area contributed by atoms with Crippen LogP contribution < -0.4 is 0 Å². The van der Waals surface area contributed by atoms with Crippen LogP contribution in [-0.4, -0.2) is 19.7 Å². The summed E-state index contributed by atoms with van der Waals surface area (Å²) in [4.78, 5) is 4.39. The van der Waals surface area contributed by atoms with Crippen LogP contribution in [0.15, 0.2) is 30.3 Å². The Morgan fingerprint density at radius 3 is 2.76 bits per heavy atom. The number of hydrogen-bond donors (Lipinski definition) is 0. The molecular formula is C11H10INO3S. The van der Waals surface area contributed by atoms with Gasteiger partial charge in [-0.05, 0) is 34.7 Å². The fourth-order valence-electron chi connectivity index (χ4n) is 1.41. The molecule has 1 heterocycles. The Kier molecular flexibility index (Phi) is 3.64. The predicted molar refractivity (Wildman–Crippen MR) is 74.1 cm³/mol. The zero-order valence-electron chi connectivity index (χ0n) is 9.05. The highest BCUT2D eigenvalue weighted by molar-refractivity contribution is 14.1. The first-order valence-corrected chi connectivity index (χ1v) is 7.74. The van der Waals surface area contributed by atoms with Gasteiger partial charge in [-0.25, -0.2) is 4.98 Å². The maximum atomic E-state index is 10.9. The summed E-state index contributed by atoms with van der Waals surface area (Å²) < 4.78 is 27.4. The van der Waals surface area contributed by atoms with Gasteiger partial charge in [0.2, 0.25) is 0 Å². The number of rotatable bonds is 3. The van der Waals surface area contributed by atoms with Crippen molar-refractivity contribution >= 4 is 43.6 Å². The largest absolute Gasteiger partial charge is 0.265 e. The minimum absolute atomic E-state index is 0.0228. The molecule has 1 aromatic heterocycles. The summed E-state index contributed by atoms with van der Waals surface area (Å²) >= 11 is 2.07. The Labute approximate surface area is 113 Å². The van der Waals surface area contributed by atoms with E-state index in [1.165, 1.54) is 0 Å². The molecule has 0 aliphatic rings. The molecule has 6 heteroatoms. The third kappa shape index (κ3) is 3.36. The van der Waals surface area contributed by atoms with Gasteiger partial charge in [0, 0.05) is 10.9 Å². The third-order valence-corrected chi connectivity index (χ3v) is 3.66. The maximum Gasteiger partial charge on any atom is 0.264 e.